The van der Waals surface area contributed by atoms with Crippen LogP contribution in [-0.4, -0.2) is 19.0 Å². The fraction of sp³-hybridized carbons (Fsp3) is 0.231. The first-order chi connectivity index (χ1) is 6.65. The molecular formula is C13H17N. The first kappa shape index (κ1) is 10.6. The monoisotopic (exact) mass is 187 g/mol. The van der Waals surface area contributed by atoms with Gasteiger partial charge in [-0.2, -0.15) is 0 Å². The standard InChI is InChI=1S/C13H17N/c1-5-12-8-6-7-9-13(12)10-11(2)14(3)4/h5-9H,1-2,10H2,3-4H3. The highest BCUT2D eigenvalue weighted by Gasteiger charge is 2.01. The third-order valence-corrected chi connectivity index (χ3v) is 2.30. The van der Waals surface area contributed by atoms with Gasteiger partial charge >= 0.3 is 0 Å². The van der Waals surface area contributed by atoms with Gasteiger partial charge in [0.1, 0.15) is 0 Å². The summed E-state index contributed by atoms with van der Waals surface area (Å²) in [4.78, 5) is 2.04. The van der Waals surface area contributed by atoms with Crippen molar-refractivity contribution in [2.45, 2.75) is 6.42 Å². The quantitative estimate of drug-likeness (QED) is 0.700. The molecule has 0 N–H and O–H groups in total. The van der Waals surface area contributed by atoms with E-state index in [1.54, 1.807) is 0 Å². The molecule has 0 unspecified atom stereocenters. The highest BCUT2D eigenvalue weighted by molar-refractivity contribution is 5.52. The van der Waals surface area contributed by atoms with Crippen molar-refractivity contribution in [2.24, 2.45) is 0 Å². The number of rotatable bonds is 4. The first-order valence-electron chi connectivity index (χ1n) is 4.70. The van der Waals surface area contributed by atoms with Crippen molar-refractivity contribution in [2.75, 3.05) is 14.1 Å². The smallest absolute Gasteiger partial charge is 0.0125 e. The van der Waals surface area contributed by atoms with Crippen LogP contribution < -0.4 is 0 Å². The third kappa shape index (κ3) is 2.49. The summed E-state index contributed by atoms with van der Waals surface area (Å²) in [7, 11) is 4.03. The maximum absolute atomic E-state index is 4.02. The fourth-order valence-corrected chi connectivity index (χ4v) is 1.27. The second-order valence-corrected chi connectivity index (χ2v) is 3.54. The lowest BCUT2D eigenvalue weighted by Crippen LogP contribution is -2.12. The van der Waals surface area contributed by atoms with Gasteiger partial charge in [-0.25, -0.2) is 0 Å². The van der Waals surface area contributed by atoms with Crippen molar-refractivity contribution in [3.05, 3.63) is 54.2 Å². The molecule has 0 aliphatic rings. The van der Waals surface area contributed by atoms with Crippen LogP contribution in [0.15, 0.2) is 43.1 Å². The average molecular weight is 187 g/mol. The Hall–Kier alpha value is -1.50. The molecule has 1 nitrogen and oxygen atoms in total. The molecule has 0 fully saturated rings. The van der Waals surface area contributed by atoms with Crippen LogP contribution in [-0.2, 0) is 6.42 Å². The molecular weight excluding hydrogens is 170 g/mol. The van der Waals surface area contributed by atoms with E-state index in [0.717, 1.165) is 12.1 Å². The summed E-state index contributed by atoms with van der Waals surface area (Å²) >= 11 is 0. The van der Waals surface area contributed by atoms with E-state index in [4.69, 9.17) is 0 Å². The van der Waals surface area contributed by atoms with Crippen LogP contribution in [0.2, 0.25) is 0 Å². The Labute approximate surface area is 86.4 Å². The summed E-state index contributed by atoms with van der Waals surface area (Å²) in [5.41, 5.74) is 3.58. The number of hydrogen-bond acceptors (Lipinski definition) is 1. The van der Waals surface area contributed by atoms with E-state index in [9.17, 15) is 0 Å². The van der Waals surface area contributed by atoms with Crippen molar-refractivity contribution >= 4 is 6.08 Å². The molecule has 0 spiro atoms. The minimum atomic E-state index is 0.884. The Morgan fingerprint density at radius 2 is 2.00 bits per heavy atom. The zero-order valence-corrected chi connectivity index (χ0v) is 8.96. The number of allylic oxidation sites excluding steroid dienone is 1. The maximum Gasteiger partial charge on any atom is 0.0125 e. The summed E-state index contributed by atoms with van der Waals surface area (Å²) in [5, 5.41) is 0. The van der Waals surface area contributed by atoms with Crippen molar-refractivity contribution in [3.63, 3.8) is 0 Å². The zero-order chi connectivity index (χ0) is 10.6. The molecule has 0 radical (unpaired) electrons. The van der Waals surface area contributed by atoms with Crippen molar-refractivity contribution < 1.29 is 0 Å². The van der Waals surface area contributed by atoms with Gasteiger partial charge in [0, 0.05) is 26.2 Å². The molecule has 1 heteroatoms. The Morgan fingerprint density at radius 1 is 1.36 bits per heavy atom. The highest BCUT2D eigenvalue weighted by Crippen LogP contribution is 2.14. The maximum atomic E-state index is 4.02. The van der Waals surface area contributed by atoms with E-state index in [2.05, 4.69) is 25.3 Å². The summed E-state index contributed by atoms with van der Waals surface area (Å²) in [6.45, 7) is 7.82. The Kier molecular flexibility index (Phi) is 3.52. The van der Waals surface area contributed by atoms with Crippen molar-refractivity contribution in [1.29, 1.82) is 0 Å². The SMILES string of the molecule is C=Cc1ccccc1CC(=C)N(C)C. The normalized spacial score (nSPS) is 9.57. The van der Waals surface area contributed by atoms with Gasteiger partial charge in [-0.15, -0.1) is 0 Å². The highest BCUT2D eigenvalue weighted by atomic mass is 15.1. The van der Waals surface area contributed by atoms with Crippen LogP contribution in [0.25, 0.3) is 6.08 Å². The topological polar surface area (TPSA) is 3.24 Å². The van der Waals surface area contributed by atoms with Gasteiger partial charge in [0.05, 0.1) is 0 Å². The molecule has 0 aliphatic carbocycles. The van der Waals surface area contributed by atoms with Crippen molar-refractivity contribution in [3.8, 4) is 0 Å². The Bertz CT molecular complexity index is 337. The Balaban J connectivity index is 2.85. The number of hydrogen-bond donors (Lipinski definition) is 0. The van der Waals surface area contributed by atoms with E-state index in [-0.39, 0.29) is 0 Å². The molecule has 0 aromatic heterocycles. The van der Waals surface area contributed by atoms with Gasteiger partial charge in [0.2, 0.25) is 0 Å². The van der Waals surface area contributed by atoms with Crippen LogP contribution in [0.1, 0.15) is 11.1 Å². The molecule has 14 heavy (non-hydrogen) atoms. The van der Waals surface area contributed by atoms with Crippen molar-refractivity contribution in [1.82, 2.24) is 4.90 Å². The minimum absolute atomic E-state index is 0.884. The van der Waals surface area contributed by atoms with Crippen LogP contribution in [0.3, 0.4) is 0 Å². The second kappa shape index (κ2) is 4.66. The largest absolute Gasteiger partial charge is 0.381 e. The molecule has 0 aliphatic heterocycles. The lowest BCUT2D eigenvalue weighted by atomic mass is 10.0. The van der Waals surface area contributed by atoms with E-state index < -0.39 is 0 Å². The molecule has 0 saturated heterocycles. The van der Waals surface area contributed by atoms with Gasteiger partial charge in [-0.05, 0) is 11.1 Å². The van der Waals surface area contributed by atoms with E-state index in [1.165, 1.54) is 11.1 Å². The average Bonchev–Trinajstić information content (AvgIpc) is 2.18. The van der Waals surface area contributed by atoms with Crippen LogP contribution in [0.5, 0.6) is 0 Å². The number of nitrogens with zero attached hydrogens (tertiary/aromatic N) is 1. The van der Waals surface area contributed by atoms with Gasteiger partial charge in [-0.1, -0.05) is 43.5 Å². The molecule has 0 heterocycles. The van der Waals surface area contributed by atoms with Gasteiger partial charge in [-0.3, -0.25) is 0 Å². The summed E-state index contributed by atoms with van der Waals surface area (Å²) in [6.07, 6.45) is 2.77. The summed E-state index contributed by atoms with van der Waals surface area (Å²) < 4.78 is 0. The third-order valence-electron chi connectivity index (χ3n) is 2.30. The molecule has 0 saturated carbocycles. The van der Waals surface area contributed by atoms with E-state index >= 15 is 0 Å². The molecule has 0 atom stereocenters. The predicted molar refractivity (Wildman–Crippen MR) is 63.1 cm³/mol. The first-order valence-corrected chi connectivity index (χ1v) is 4.70. The van der Waals surface area contributed by atoms with Gasteiger partial charge in [0.15, 0.2) is 0 Å². The second-order valence-electron chi connectivity index (χ2n) is 3.54. The van der Waals surface area contributed by atoms with Crippen LogP contribution >= 0.6 is 0 Å². The fourth-order valence-electron chi connectivity index (χ4n) is 1.27. The lowest BCUT2D eigenvalue weighted by molar-refractivity contribution is 0.501. The zero-order valence-electron chi connectivity index (χ0n) is 8.96. The van der Waals surface area contributed by atoms with Gasteiger partial charge in [0.25, 0.3) is 0 Å². The van der Waals surface area contributed by atoms with Crippen LogP contribution in [0, 0.1) is 0 Å². The number of benzene rings is 1. The number of likely N-dealkylation sites (N-methyl/N-ethyl adjacent to an activating group) is 1. The minimum Gasteiger partial charge on any atom is -0.381 e. The molecule has 1 aromatic rings. The molecule has 74 valence electrons. The lowest BCUT2D eigenvalue weighted by Gasteiger charge is -2.16. The molecule has 0 bridgehead atoms. The van der Waals surface area contributed by atoms with Gasteiger partial charge < -0.3 is 4.90 Å². The molecule has 1 aromatic carbocycles. The summed E-state index contributed by atoms with van der Waals surface area (Å²) in [5.74, 6) is 0. The molecule has 1 rings (SSSR count). The molecule has 0 amide bonds. The summed E-state index contributed by atoms with van der Waals surface area (Å²) in [6, 6.07) is 8.27. The Morgan fingerprint density at radius 3 is 2.57 bits per heavy atom. The predicted octanol–water partition coefficient (Wildman–Crippen LogP) is 2.95. The van der Waals surface area contributed by atoms with E-state index in [0.29, 0.717) is 0 Å². The van der Waals surface area contributed by atoms with Crippen LogP contribution in [0.4, 0.5) is 0 Å². The van der Waals surface area contributed by atoms with E-state index in [1.807, 2.05) is 37.2 Å².